The quantitative estimate of drug-likeness (QED) is 0.704. The van der Waals surface area contributed by atoms with Crippen molar-refractivity contribution in [2.45, 2.75) is 25.4 Å². The monoisotopic (exact) mass is 311 g/mol. The maximum absolute atomic E-state index is 11.9. The topological polar surface area (TPSA) is 81.7 Å². The lowest BCUT2D eigenvalue weighted by Gasteiger charge is -2.26. The molecule has 0 amide bonds. The standard InChI is InChI=1S/C15H17N7O/c1-20-9-12-14(19-20)16-10-17-15(12)21-7-3-4-11(21)8-22-13(23)5-2-6-18-22/h2,5-6,9-11H,3-4,7-8H2,1H3. The van der Waals surface area contributed by atoms with E-state index in [9.17, 15) is 4.79 Å². The van der Waals surface area contributed by atoms with E-state index in [1.807, 2.05) is 13.2 Å². The molecule has 118 valence electrons. The van der Waals surface area contributed by atoms with E-state index in [4.69, 9.17) is 0 Å². The predicted octanol–water partition coefficient (Wildman–Crippen LogP) is 0.589. The Labute approximate surface area is 132 Å². The number of nitrogens with zero attached hydrogens (tertiary/aromatic N) is 7. The van der Waals surface area contributed by atoms with Crippen molar-refractivity contribution in [2.75, 3.05) is 11.4 Å². The summed E-state index contributed by atoms with van der Waals surface area (Å²) in [5.74, 6) is 0.884. The van der Waals surface area contributed by atoms with Crippen molar-refractivity contribution in [3.05, 3.63) is 41.2 Å². The van der Waals surface area contributed by atoms with Crippen LogP contribution in [0.1, 0.15) is 12.8 Å². The van der Waals surface area contributed by atoms with Crippen molar-refractivity contribution in [2.24, 2.45) is 7.05 Å². The molecular formula is C15H17N7O. The Morgan fingerprint density at radius 3 is 3.13 bits per heavy atom. The second kappa shape index (κ2) is 5.45. The first-order valence-corrected chi connectivity index (χ1v) is 7.65. The third kappa shape index (κ3) is 2.45. The molecule has 0 radical (unpaired) electrons. The van der Waals surface area contributed by atoms with Crippen molar-refractivity contribution < 1.29 is 0 Å². The number of rotatable bonds is 3. The summed E-state index contributed by atoms with van der Waals surface area (Å²) in [6.07, 6.45) is 7.21. The molecular weight excluding hydrogens is 294 g/mol. The highest BCUT2D eigenvalue weighted by molar-refractivity contribution is 5.86. The summed E-state index contributed by atoms with van der Waals surface area (Å²) in [4.78, 5) is 22.8. The summed E-state index contributed by atoms with van der Waals surface area (Å²) in [5.41, 5.74) is 0.617. The number of fused-ring (bicyclic) bond motifs is 1. The predicted molar refractivity (Wildman–Crippen MR) is 85.2 cm³/mol. The molecule has 23 heavy (non-hydrogen) atoms. The molecule has 0 aromatic carbocycles. The van der Waals surface area contributed by atoms with Crippen LogP contribution in [0.5, 0.6) is 0 Å². The van der Waals surface area contributed by atoms with Gasteiger partial charge in [-0.1, -0.05) is 0 Å². The highest BCUT2D eigenvalue weighted by Gasteiger charge is 2.28. The molecule has 3 aromatic rings. The van der Waals surface area contributed by atoms with Gasteiger partial charge in [0, 0.05) is 32.1 Å². The number of hydrogen-bond acceptors (Lipinski definition) is 6. The van der Waals surface area contributed by atoms with Crippen molar-refractivity contribution in [3.8, 4) is 0 Å². The molecule has 3 aromatic heterocycles. The summed E-state index contributed by atoms with van der Waals surface area (Å²) in [6, 6.07) is 3.39. The van der Waals surface area contributed by atoms with Gasteiger partial charge in [-0.2, -0.15) is 10.2 Å². The zero-order valence-electron chi connectivity index (χ0n) is 12.8. The van der Waals surface area contributed by atoms with E-state index < -0.39 is 0 Å². The van der Waals surface area contributed by atoms with E-state index in [0.717, 1.165) is 30.6 Å². The minimum atomic E-state index is -0.0754. The summed E-state index contributed by atoms with van der Waals surface area (Å²) in [7, 11) is 1.88. The molecule has 1 aliphatic heterocycles. The highest BCUT2D eigenvalue weighted by atomic mass is 16.1. The first-order chi connectivity index (χ1) is 11.2. The van der Waals surface area contributed by atoms with Gasteiger partial charge in [0.25, 0.3) is 5.56 Å². The van der Waals surface area contributed by atoms with Gasteiger partial charge >= 0.3 is 0 Å². The molecule has 0 bridgehead atoms. The molecule has 0 N–H and O–H groups in total. The molecule has 4 rings (SSSR count). The molecule has 1 unspecified atom stereocenters. The van der Waals surface area contributed by atoms with Crippen molar-refractivity contribution in [3.63, 3.8) is 0 Å². The van der Waals surface area contributed by atoms with E-state index in [1.54, 1.807) is 23.3 Å². The number of aryl methyl sites for hydroxylation is 1. The first-order valence-electron chi connectivity index (χ1n) is 7.65. The first kappa shape index (κ1) is 13.9. The molecule has 0 saturated carbocycles. The smallest absolute Gasteiger partial charge is 0.266 e. The van der Waals surface area contributed by atoms with Gasteiger partial charge in [-0.15, -0.1) is 0 Å². The van der Waals surface area contributed by atoms with E-state index >= 15 is 0 Å². The molecule has 1 fully saturated rings. The van der Waals surface area contributed by atoms with Gasteiger partial charge in [0.2, 0.25) is 0 Å². The Bertz CT molecular complexity index is 900. The van der Waals surface area contributed by atoms with Gasteiger partial charge in [0.1, 0.15) is 12.1 Å². The third-order valence-electron chi connectivity index (χ3n) is 4.23. The molecule has 8 nitrogen and oxygen atoms in total. The summed E-state index contributed by atoms with van der Waals surface area (Å²) >= 11 is 0. The maximum Gasteiger partial charge on any atom is 0.266 e. The molecule has 1 aliphatic rings. The van der Waals surface area contributed by atoms with Crippen molar-refractivity contribution in [1.29, 1.82) is 0 Å². The fraction of sp³-hybridized carbons (Fsp3) is 0.400. The van der Waals surface area contributed by atoms with Gasteiger partial charge in [0.15, 0.2) is 5.65 Å². The van der Waals surface area contributed by atoms with Crippen LogP contribution >= 0.6 is 0 Å². The lowest BCUT2D eigenvalue weighted by Crippen LogP contribution is -2.37. The van der Waals surface area contributed by atoms with Crippen LogP contribution in [0, 0.1) is 0 Å². The van der Waals surface area contributed by atoms with Crippen LogP contribution in [0.4, 0.5) is 5.82 Å². The number of aromatic nitrogens is 6. The van der Waals surface area contributed by atoms with Gasteiger partial charge in [0.05, 0.1) is 18.0 Å². The zero-order chi connectivity index (χ0) is 15.8. The Morgan fingerprint density at radius 1 is 1.35 bits per heavy atom. The normalized spacial score (nSPS) is 18.0. The number of anilines is 1. The minimum absolute atomic E-state index is 0.0754. The molecule has 8 heteroatoms. The van der Waals surface area contributed by atoms with Crippen LogP contribution in [-0.4, -0.2) is 42.1 Å². The largest absolute Gasteiger partial charge is 0.351 e. The third-order valence-corrected chi connectivity index (χ3v) is 4.23. The molecule has 1 atom stereocenters. The molecule has 0 aliphatic carbocycles. The molecule has 1 saturated heterocycles. The lowest BCUT2D eigenvalue weighted by atomic mass is 10.2. The Hall–Kier alpha value is -2.77. The minimum Gasteiger partial charge on any atom is -0.351 e. The second-order valence-electron chi connectivity index (χ2n) is 5.77. The van der Waals surface area contributed by atoms with Crippen LogP contribution in [0.15, 0.2) is 35.6 Å². The summed E-state index contributed by atoms with van der Waals surface area (Å²) in [5, 5.41) is 9.44. The SMILES string of the molecule is Cn1cc2c(N3CCCC3Cn3ncccc3=O)ncnc2n1. The molecule has 4 heterocycles. The fourth-order valence-corrected chi connectivity index (χ4v) is 3.19. The summed E-state index contributed by atoms with van der Waals surface area (Å²) in [6.45, 7) is 1.47. The maximum atomic E-state index is 11.9. The summed E-state index contributed by atoms with van der Waals surface area (Å²) < 4.78 is 3.27. The van der Waals surface area contributed by atoms with E-state index in [-0.39, 0.29) is 11.6 Å². The van der Waals surface area contributed by atoms with Gasteiger partial charge < -0.3 is 4.90 Å². The fourth-order valence-electron chi connectivity index (χ4n) is 3.19. The highest BCUT2D eigenvalue weighted by Crippen LogP contribution is 2.29. The molecule has 0 spiro atoms. The Morgan fingerprint density at radius 2 is 2.26 bits per heavy atom. The van der Waals surface area contributed by atoms with Crippen LogP contribution < -0.4 is 10.5 Å². The van der Waals surface area contributed by atoms with Crippen LogP contribution in [0.2, 0.25) is 0 Å². The van der Waals surface area contributed by atoms with E-state index in [1.165, 1.54) is 10.7 Å². The van der Waals surface area contributed by atoms with Crippen LogP contribution in [0.25, 0.3) is 11.0 Å². The van der Waals surface area contributed by atoms with Crippen molar-refractivity contribution in [1.82, 2.24) is 29.5 Å². The van der Waals surface area contributed by atoms with Crippen molar-refractivity contribution >= 4 is 16.9 Å². The number of hydrogen-bond donors (Lipinski definition) is 0. The zero-order valence-corrected chi connectivity index (χ0v) is 12.8. The second-order valence-corrected chi connectivity index (χ2v) is 5.77. The van der Waals surface area contributed by atoms with Crippen LogP contribution in [-0.2, 0) is 13.6 Å². The Kier molecular flexibility index (Phi) is 3.29. The van der Waals surface area contributed by atoms with E-state index in [0.29, 0.717) is 12.2 Å². The Balaban J connectivity index is 1.70. The average Bonchev–Trinajstić information content (AvgIpc) is 3.14. The van der Waals surface area contributed by atoms with E-state index in [2.05, 4.69) is 25.1 Å². The van der Waals surface area contributed by atoms with Gasteiger partial charge in [-0.25, -0.2) is 14.6 Å². The van der Waals surface area contributed by atoms with Crippen LogP contribution in [0.3, 0.4) is 0 Å². The lowest BCUT2D eigenvalue weighted by molar-refractivity contribution is 0.487. The van der Waals surface area contributed by atoms with Gasteiger partial charge in [-0.05, 0) is 18.9 Å². The van der Waals surface area contributed by atoms with Gasteiger partial charge in [-0.3, -0.25) is 9.48 Å². The average molecular weight is 311 g/mol.